The van der Waals surface area contributed by atoms with Gasteiger partial charge in [0, 0.05) is 30.1 Å². The molecule has 1 unspecified atom stereocenters. The average Bonchev–Trinajstić information content (AvgIpc) is 3.53. The highest BCUT2D eigenvalue weighted by molar-refractivity contribution is 7.99. The maximum absolute atomic E-state index is 13.3. The van der Waals surface area contributed by atoms with Gasteiger partial charge < -0.3 is 20.8 Å². The van der Waals surface area contributed by atoms with Gasteiger partial charge in [-0.1, -0.05) is 0 Å². The molecule has 0 radical (unpaired) electrons. The number of morpholine rings is 1. The van der Waals surface area contributed by atoms with E-state index >= 15 is 0 Å². The number of carbonyl (C=O) groups is 1. The number of aromatic nitrogens is 6. The van der Waals surface area contributed by atoms with E-state index in [0.717, 1.165) is 33.9 Å². The number of benzene rings is 2. The van der Waals surface area contributed by atoms with E-state index in [1.807, 2.05) is 30.3 Å². The fourth-order valence-corrected chi connectivity index (χ4v) is 5.25. The molecule has 6 rings (SSSR count). The Labute approximate surface area is 220 Å². The molecule has 2 aromatic carbocycles. The van der Waals surface area contributed by atoms with Crippen molar-refractivity contribution in [2.24, 2.45) is 5.73 Å². The topological polar surface area (TPSA) is 139 Å². The van der Waals surface area contributed by atoms with Gasteiger partial charge in [0.05, 0.1) is 36.0 Å². The summed E-state index contributed by atoms with van der Waals surface area (Å²) in [6.45, 7) is 2.96. The van der Waals surface area contributed by atoms with Gasteiger partial charge in [0.25, 0.3) is 0 Å². The molecule has 1 fully saturated rings. The molecule has 4 heterocycles. The number of H-pyrrole nitrogens is 1. The van der Waals surface area contributed by atoms with Crippen LogP contribution in [0.15, 0.2) is 64.6 Å². The molecule has 5 aromatic rings. The average molecular weight is 534 g/mol. The Morgan fingerprint density at radius 2 is 2.05 bits per heavy atom. The number of amides is 2. The molecule has 1 aliphatic heterocycles. The van der Waals surface area contributed by atoms with Crippen molar-refractivity contribution in [3.05, 3.63) is 66.2 Å². The predicted molar refractivity (Wildman–Crippen MR) is 139 cm³/mol. The number of hydrogen-bond donors (Lipinski definition) is 3. The third kappa shape index (κ3) is 5.03. The zero-order valence-corrected chi connectivity index (χ0v) is 21.0. The SMILES string of the molecule is NC(=O)NCCN1CCOCC1c1nc2ccc(Sc3nnc4ccc(-c5ccc(F)cc5)nn34)cc2[nH]1. The first-order valence-electron chi connectivity index (χ1n) is 12.0. The van der Waals surface area contributed by atoms with E-state index in [0.29, 0.717) is 42.8 Å². The number of ether oxygens (including phenoxy) is 1. The van der Waals surface area contributed by atoms with Gasteiger partial charge in [-0.15, -0.1) is 10.2 Å². The number of halogens is 1. The van der Waals surface area contributed by atoms with Crippen LogP contribution < -0.4 is 11.1 Å². The number of rotatable bonds is 7. The summed E-state index contributed by atoms with van der Waals surface area (Å²) in [6.07, 6.45) is 0. The summed E-state index contributed by atoms with van der Waals surface area (Å²) >= 11 is 1.44. The number of nitrogens with zero attached hydrogens (tertiary/aromatic N) is 6. The maximum atomic E-state index is 13.3. The van der Waals surface area contributed by atoms with Crippen LogP contribution in [-0.2, 0) is 4.74 Å². The summed E-state index contributed by atoms with van der Waals surface area (Å²) in [4.78, 5) is 22.4. The van der Waals surface area contributed by atoms with Crippen LogP contribution in [0.5, 0.6) is 0 Å². The van der Waals surface area contributed by atoms with Crippen molar-refractivity contribution < 1.29 is 13.9 Å². The van der Waals surface area contributed by atoms with Crippen molar-refractivity contribution in [2.45, 2.75) is 16.1 Å². The van der Waals surface area contributed by atoms with Crippen LogP contribution in [0.1, 0.15) is 11.9 Å². The van der Waals surface area contributed by atoms with E-state index in [9.17, 15) is 9.18 Å². The molecule has 194 valence electrons. The van der Waals surface area contributed by atoms with Gasteiger partial charge in [-0.25, -0.2) is 14.2 Å². The van der Waals surface area contributed by atoms with Gasteiger partial charge in [0.1, 0.15) is 11.6 Å². The molecule has 38 heavy (non-hydrogen) atoms. The smallest absolute Gasteiger partial charge is 0.312 e. The fraction of sp³-hybridized carbons (Fsp3) is 0.240. The second-order valence-electron chi connectivity index (χ2n) is 8.80. The van der Waals surface area contributed by atoms with E-state index in [2.05, 4.69) is 30.5 Å². The van der Waals surface area contributed by atoms with Gasteiger partial charge in [-0.05, 0) is 66.4 Å². The summed E-state index contributed by atoms with van der Waals surface area (Å²) in [6, 6.07) is 15.2. The molecule has 0 saturated carbocycles. The Hall–Kier alpha value is -4.07. The lowest BCUT2D eigenvalue weighted by Crippen LogP contribution is -2.44. The Kier molecular flexibility index (Phi) is 6.62. The molecule has 13 heteroatoms. The minimum Gasteiger partial charge on any atom is -0.378 e. The van der Waals surface area contributed by atoms with Crippen LogP contribution in [0.4, 0.5) is 9.18 Å². The lowest BCUT2D eigenvalue weighted by atomic mass is 10.1. The first kappa shape index (κ1) is 24.3. The van der Waals surface area contributed by atoms with Crippen molar-refractivity contribution >= 4 is 34.5 Å². The Balaban J connectivity index is 1.24. The van der Waals surface area contributed by atoms with E-state index in [1.165, 1.54) is 23.9 Å². The molecule has 0 bridgehead atoms. The van der Waals surface area contributed by atoms with Gasteiger partial charge in [-0.3, -0.25) is 4.90 Å². The third-order valence-electron chi connectivity index (χ3n) is 6.31. The maximum Gasteiger partial charge on any atom is 0.312 e. The number of aromatic amines is 1. The highest BCUT2D eigenvalue weighted by atomic mass is 32.2. The third-order valence-corrected chi connectivity index (χ3v) is 7.24. The van der Waals surface area contributed by atoms with Gasteiger partial charge in [-0.2, -0.15) is 9.61 Å². The summed E-state index contributed by atoms with van der Waals surface area (Å²) in [5, 5.41) is 16.5. The minimum atomic E-state index is -0.536. The van der Waals surface area contributed by atoms with Gasteiger partial charge >= 0.3 is 6.03 Å². The highest BCUT2D eigenvalue weighted by Gasteiger charge is 2.27. The second-order valence-corrected chi connectivity index (χ2v) is 9.84. The molecule has 1 saturated heterocycles. The first-order valence-corrected chi connectivity index (χ1v) is 12.9. The standard InChI is InChI=1S/C25H24FN9O2S/c26-16-3-1-15(2-4-16)18-7-8-22-31-32-25(35(22)33-18)38-17-5-6-19-20(13-17)30-23(29-19)21-14-37-12-11-34(21)10-9-28-24(27)36/h1-8,13,21H,9-12,14H2,(H,29,30)(H3,27,28,36). The zero-order valence-electron chi connectivity index (χ0n) is 20.2. The Bertz CT molecular complexity index is 1600. The Morgan fingerprint density at radius 1 is 1.18 bits per heavy atom. The molecule has 1 aliphatic rings. The van der Waals surface area contributed by atoms with Crippen LogP contribution in [0.25, 0.3) is 27.9 Å². The lowest BCUT2D eigenvalue weighted by Gasteiger charge is -2.34. The number of nitrogens with two attached hydrogens (primary N) is 1. The fourth-order valence-electron chi connectivity index (χ4n) is 4.42. The molecular formula is C25H24FN9O2S. The monoisotopic (exact) mass is 533 g/mol. The van der Waals surface area contributed by atoms with Crippen molar-refractivity contribution in [3.8, 4) is 11.3 Å². The summed E-state index contributed by atoms with van der Waals surface area (Å²) in [5.41, 5.74) is 9.04. The van der Waals surface area contributed by atoms with Crippen molar-refractivity contribution in [1.29, 1.82) is 0 Å². The van der Waals surface area contributed by atoms with E-state index in [-0.39, 0.29) is 11.9 Å². The molecule has 0 aliphatic carbocycles. The number of imidazole rings is 1. The predicted octanol–water partition coefficient (Wildman–Crippen LogP) is 3.00. The second kappa shape index (κ2) is 10.4. The lowest BCUT2D eigenvalue weighted by molar-refractivity contribution is -0.0102. The molecule has 3 aromatic heterocycles. The van der Waals surface area contributed by atoms with Crippen LogP contribution in [-0.4, -0.2) is 73.6 Å². The van der Waals surface area contributed by atoms with E-state index in [1.54, 1.807) is 16.6 Å². The quantitative estimate of drug-likeness (QED) is 0.290. The summed E-state index contributed by atoms with van der Waals surface area (Å²) in [5.74, 6) is 0.510. The van der Waals surface area contributed by atoms with Gasteiger partial charge in [0.15, 0.2) is 5.65 Å². The van der Waals surface area contributed by atoms with Gasteiger partial charge in [0.2, 0.25) is 5.16 Å². The number of carbonyl (C=O) groups excluding carboxylic acids is 1. The van der Waals surface area contributed by atoms with Crippen molar-refractivity contribution in [3.63, 3.8) is 0 Å². The van der Waals surface area contributed by atoms with Crippen LogP contribution >= 0.6 is 11.8 Å². The number of fused-ring (bicyclic) bond motifs is 2. The molecule has 0 spiro atoms. The summed E-state index contributed by atoms with van der Waals surface area (Å²) < 4.78 is 20.7. The van der Waals surface area contributed by atoms with E-state index in [4.69, 9.17) is 15.5 Å². The zero-order chi connectivity index (χ0) is 26.1. The van der Waals surface area contributed by atoms with Crippen LogP contribution in [0.2, 0.25) is 0 Å². The van der Waals surface area contributed by atoms with Crippen LogP contribution in [0.3, 0.4) is 0 Å². The minimum absolute atomic E-state index is 0.0588. The van der Waals surface area contributed by atoms with Crippen molar-refractivity contribution in [2.75, 3.05) is 32.8 Å². The Morgan fingerprint density at radius 3 is 2.89 bits per heavy atom. The van der Waals surface area contributed by atoms with Crippen molar-refractivity contribution in [1.82, 2.24) is 40.0 Å². The molecule has 11 nitrogen and oxygen atoms in total. The molecule has 4 N–H and O–H groups in total. The highest BCUT2D eigenvalue weighted by Crippen LogP contribution is 2.31. The molecule has 1 atom stereocenters. The first-order chi connectivity index (χ1) is 18.5. The number of nitrogens with one attached hydrogen (secondary N) is 2. The summed E-state index contributed by atoms with van der Waals surface area (Å²) in [7, 11) is 0. The van der Waals surface area contributed by atoms with E-state index < -0.39 is 6.03 Å². The largest absolute Gasteiger partial charge is 0.378 e. The number of urea groups is 1. The van der Waals surface area contributed by atoms with Crippen LogP contribution in [0, 0.1) is 5.82 Å². The molecule has 2 amide bonds. The number of primary amides is 1. The normalized spacial score (nSPS) is 16.3. The number of hydrogen-bond acceptors (Lipinski definition) is 8. The molecular weight excluding hydrogens is 509 g/mol.